The Kier molecular flexibility index (Phi) is 4.50. The van der Waals surface area contributed by atoms with Gasteiger partial charge in [0.05, 0.1) is 12.3 Å². The van der Waals surface area contributed by atoms with Gasteiger partial charge in [-0.15, -0.1) is 0 Å². The summed E-state index contributed by atoms with van der Waals surface area (Å²) >= 11 is 0. The van der Waals surface area contributed by atoms with Gasteiger partial charge in [0, 0.05) is 26.1 Å². The summed E-state index contributed by atoms with van der Waals surface area (Å²) in [6.07, 6.45) is 1.50. The number of hydrogen-bond acceptors (Lipinski definition) is 5. The maximum atomic E-state index is 12.4. The lowest BCUT2D eigenvalue weighted by Gasteiger charge is -2.36. The zero-order valence-corrected chi connectivity index (χ0v) is 14.0. The number of rotatable bonds is 7. The molecule has 2 aliphatic rings. The number of Topliss-reactive ketones (excluding diaryl/α,β-unsaturated/α-hetero) is 1. The van der Waals surface area contributed by atoms with Gasteiger partial charge in [-0.05, 0) is 24.2 Å². The number of ketones is 1. The average Bonchev–Trinajstić information content (AvgIpc) is 2.73. The molecule has 2 aliphatic carbocycles. The quantitative estimate of drug-likeness (QED) is 0.706. The molecule has 7 heteroatoms. The van der Waals surface area contributed by atoms with Gasteiger partial charge in [-0.2, -0.15) is 0 Å². The highest BCUT2D eigenvalue weighted by Gasteiger charge is 2.65. The molecule has 2 bridgehead atoms. The number of fused-ring (bicyclic) bond motifs is 2. The Morgan fingerprint density at radius 3 is 2.38 bits per heavy atom. The van der Waals surface area contributed by atoms with E-state index in [2.05, 4.69) is 4.72 Å². The van der Waals surface area contributed by atoms with Crippen LogP contribution in [0, 0.1) is 16.7 Å². The lowest BCUT2D eigenvalue weighted by Crippen LogP contribution is -2.46. The Morgan fingerprint density at radius 2 is 1.95 bits per heavy atom. The van der Waals surface area contributed by atoms with Crippen molar-refractivity contribution in [2.24, 2.45) is 16.7 Å². The van der Waals surface area contributed by atoms with Crippen molar-refractivity contribution >= 4 is 15.8 Å². The summed E-state index contributed by atoms with van der Waals surface area (Å²) in [5.74, 6) is 0.276. The highest BCUT2D eigenvalue weighted by molar-refractivity contribution is 7.89. The second-order valence-corrected chi connectivity index (χ2v) is 8.48. The van der Waals surface area contributed by atoms with Crippen LogP contribution < -0.4 is 4.72 Å². The first-order chi connectivity index (χ1) is 9.68. The fraction of sp³-hybridized carbons (Fsp3) is 0.929. The molecule has 21 heavy (non-hydrogen) atoms. The van der Waals surface area contributed by atoms with Crippen molar-refractivity contribution in [3.05, 3.63) is 0 Å². The minimum Gasteiger partial charge on any atom is -0.355 e. The fourth-order valence-corrected chi connectivity index (χ4v) is 5.76. The van der Waals surface area contributed by atoms with Crippen LogP contribution in [0.15, 0.2) is 0 Å². The van der Waals surface area contributed by atoms with Gasteiger partial charge in [0.2, 0.25) is 10.0 Å². The zero-order chi connectivity index (χ0) is 15.9. The molecule has 0 radical (unpaired) electrons. The normalized spacial score (nSPS) is 31.3. The maximum Gasteiger partial charge on any atom is 0.212 e. The van der Waals surface area contributed by atoms with E-state index in [1.807, 2.05) is 13.8 Å². The molecule has 0 aliphatic heterocycles. The fourth-order valence-electron chi connectivity index (χ4n) is 3.94. The number of sulfonamides is 1. The number of nitrogens with one attached hydrogen (secondary N) is 1. The van der Waals surface area contributed by atoms with E-state index in [0.717, 1.165) is 6.42 Å². The van der Waals surface area contributed by atoms with Crippen LogP contribution in [-0.2, 0) is 24.3 Å². The van der Waals surface area contributed by atoms with Gasteiger partial charge < -0.3 is 9.47 Å². The van der Waals surface area contributed by atoms with Crippen LogP contribution in [0.4, 0.5) is 0 Å². The molecule has 2 saturated carbocycles. The van der Waals surface area contributed by atoms with E-state index < -0.39 is 21.7 Å². The number of carbonyl (C=O) groups excluding carboxylic acids is 1. The minimum atomic E-state index is -3.56. The van der Waals surface area contributed by atoms with Gasteiger partial charge in [0.1, 0.15) is 5.78 Å². The van der Waals surface area contributed by atoms with Crippen molar-refractivity contribution in [3.63, 3.8) is 0 Å². The van der Waals surface area contributed by atoms with E-state index in [0.29, 0.717) is 18.8 Å². The average molecular weight is 319 g/mol. The van der Waals surface area contributed by atoms with Crippen molar-refractivity contribution in [1.82, 2.24) is 4.72 Å². The SMILES string of the molecule is COC(CNS(=O)(=O)C[C@@]12CC[C@@H](CC1=O)C2(C)C)OC. The van der Waals surface area contributed by atoms with E-state index in [1.54, 1.807) is 0 Å². The Labute approximate surface area is 126 Å². The maximum absolute atomic E-state index is 12.4. The molecule has 6 nitrogen and oxygen atoms in total. The predicted molar refractivity (Wildman–Crippen MR) is 78.2 cm³/mol. The Bertz CT molecular complexity index is 511. The number of hydrogen-bond donors (Lipinski definition) is 1. The summed E-state index contributed by atoms with van der Waals surface area (Å²) < 4.78 is 37.2. The standard InChI is InChI=1S/C14H25NO5S/c1-13(2)10-5-6-14(13,11(16)7-10)9-21(17,18)15-8-12(19-3)20-4/h10,12,15H,5-9H2,1-4H3/t10-,14-/m0/s1. The third kappa shape index (κ3) is 2.76. The molecule has 0 aromatic rings. The number of carbonyl (C=O) groups is 1. The Morgan fingerprint density at radius 1 is 1.33 bits per heavy atom. The van der Waals surface area contributed by atoms with E-state index in [-0.39, 0.29) is 23.5 Å². The summed E-state index contributed by atoms with van der Waals surface area (Å²) in [6, 6.07) is 0. The summed E-state index contributed by atoms with van der Waals surface area (Å²) in [7, 11) is -0.657. The van der Waals surface area contributed by atoms with E-state index in [1.165, 1.54) is 14.2 Å². The first kappa shape index (κ1) is 16.9. The second kappa shape index (κ2) is 5.61. The zero-order valence-electron chi connectivity index (χ0n) is 13.1. The van der Waals surface area contributed by atoms with Crippen LogP contribution in [-0.4, -0.2) is 47.0 Å². The minimum absolute atomic E-state index is 0.0451. The molecule has 1 N–H and O–H groups in total. The molecule has 2 rings (SSSR count). The molecule has 0 saturated heterocycles. The van der Waals surface area contributed by atoms with Crippen LogP contribution in [0.5, 0.6) is 0 Å². The van der Waals surface area contributed by atoms with Gasteiger partial charge >= 0.3 is 0 Å². The van der Waals surface area contributed by atoms with Crippen molar-refractivity contribution in [2.75, 3.05) is 26.5 Å². The largest absolute Gasteiger partial charge is 0.355 e. The molecule has 0 amide bonds. The second-order valence-electron chi connectivity index (χ2n) is 6.68. The number of ether oxygens (including phenoxy) is 2. The number of methoxy groups -OCH3 is 2. The Hall–Kier alpha value is -0.500. The third-order valence-electron chi connectivity index (χ3n) is 5.57. The van der Waals surface area contributed by atoms with Crippen LogP contribution in [0.2, 0.25) is 0 Å². The van der Waals surface area contributed by atoms with Gasteiger partial charge in [0.15, 0.2) is 6.29 Å². The lowest BCUT2D eigenvalue weighted by atomic mass is 9.70. The summed E-state index contributed by atoms with van der Waals surface area (Å²) in [5.41, 5.74) is -0.986. The topological polar surface area (TPSA) is 81.7 Å². The highest BCUT2D eigenvalue weighted by atomic mass is 32.2. The van der Waals surface area contributed by atoms with E-state index in [9.17, 15) is 13.2 Å². The van der Waals surface area contributed by atoms with Gasteiger partial charge in [-0.3, -0.25) is 4.79 Å². The molecule has 2 fully saturated rings. The molecule has 0 aromatic heterocycles. The predicted octanol–water partition coefficient (Wildman–Crippen LogP) is 0.920. The monoisotopic (exact) mass is 319 g/mol. The smallest absolute Gasteiger partial charge is 0.212 e. The molecule has 0 aromatic carbocycles. The Balaban J connectivity index is 2.11. The molecular formula is C14H25NO5S. The van der Waals surface area contributed by atoms with Gasteiger partial charge in [-0.1, -0.05) is 13.8 Å². The molecule has 0 spiro atoms. The van der Waals surface area contributed by atoms with Crippen LogP contribution in [0.3, 0.4) is 0 Å². The first-order valence-electron chi connectivity index (χ1n) is 7.25. The van der Waals surface area contributed by atoms with Crippen LogP contribution >= 0.6 is 0 Å². The highest BCUT2D eigenvalue weighted by Crippen LogP contribution is 2.64. The van der Waals surface area contributed by atoms with Crippen molar-refractivity contribution in [1.29, 1.82) is 0 Å². The lowest BCUT2D eigenvalue weighted by molar-refractivity contribution is -0.128. The van der Waals surface area contributed by atoms with Crippen molar-refractivity contribution in [3.8, 4) is 0 Å². The molecule has 2 atom stereocenters. The summed E-state index contributed by atoms with van der Waals surface area (Å²) in [4.78, 5) is 12.4. The molecule has 122 valence electrons. The summed E-state index contributed by atoms with van der Waals surface area (Å²) in [5, 5.41) is 0. The van der Waals surface area contributed by atoms with Gasteiger partial charge in [0.25, 0.3) is 0 Å². The van der Waals surface area contributed by atoms with Crippen molar-refractivity contribution in [2.45, 2.75) is 39.4 Å². The molecule has 0 unspecified atom stereocenters. The van der Waals surface area contributed by atoms with Crippen LogP contribution in [0.25, 0.3) is 0 Å². The van der Waals surface area contributed by atoms with E-state index in [4.69, 9.17) is 9.47 Å². The molecule has 0 heterocycles. The summed E-state index contributed by atoms with van der Waals surface area (Å²) in [6.45, 7) is 4.10. The first-order valence-corrected chi connectivity index (χ1v) is 8.90. The van der Waals surface area contributed by atoms with Crippen LogP contribution in [0.1, 0.15) is 33.1 Å². The van der Waals surface area contributed by atoms with E-state index >= 15 is 0 Å². The van der Waals surface area contributed by atoms with Gasteiger partial charge in [-0.25, -0.2) is 13.1 Å². The third-order valence-corrected chi connectivity index (χ3v) is 7.05. The van der Waals surface area contributed by atoms with Crippen molar-refractivity contribution < 1.29 is 22.7 Å². The molecular weight excluding hydrogens is 294 g/mol.